The zero-order valence-electron chi connectivity index (χ0n) is 10.8. The maximum Gasteiger partial charge on any atom is 0.377 e. The van der Waals surface area contributed by atoms with E-state index in [0.717, 1.165) is 6.26 Å². The fourth-order valence-electron chi connectivity index (χ4n) is 1.44. The van der Waals surface area contributed by atoms with Crippen LogP contribution < -0.4 is 4.74 Å². The Kier molecular flexibility index (Phi) is 4.93. The topological polar surface area (TPSA) is 82.1 Å². The van der Waals surface area contributed by atoms with Crippen LogP contribution in [-0.4, -0.2) is 31.3 Å². The van der Waals surface area contributed by atoms with E-state index in [1.807, 2.05) is 0 Å². The Morgan fingerprint density at radius 2 is 1.95 bits per heavy atom. The van der Waals surface area contributed by atoms with E-state index < -0.39 is 11.9 Å². The zero-order valence-corrected chi connectivity index (χ0v) is 10.8. The number of carboxylic acids is 1. The normalized spacial score (nSPS) is 10.8. The highest BCUT2D eigenvalue weighted by Gasteiger charge is 2.19. The van der Waals surface area contributed by atoms with Gasteiger partial charge in [-0.3, -0.25) is 0 Å². The average Bonchev–Trinajstić information content (AvgIpc) is 2.37. The maximum absolute atomic E-state index is 11.4. The van der Waals surface area contributed by atoms with E-state index in [9.17, 15) is 9.59 Å². The Balaban J connectivity index is 3.17. The molecule has 0 aliphatic rings. The van der Waals surface area contributed by atoms with E-state index in [1.54, 1.807) is 19.1 Å². The first-order chi connectivity index (χ1) is 9.01. The van der Waals surface area contributed by atoms with Gasteiger partial charge in [0.25, 0.3) is 0 Å². The summed E-state index contributed by atoms with van der Waals surface area (Å²) in [6.07, 6.45) is 1.04. The molecule has 0 heterocycles. The summed E-state index contributed by atoms with van der Waals surface area (Å²) in [6, 6.07) is 4.70. The first kappa shape index (κ1) is 14.6. The zero-order chi connectivity index (χ0) is 14.4. The molecule has 0 saturated heterocycles. The lowest BCUT2D eigenvalue weighted by atomic mass is 10.1. The molecule has 0 unspecified atom stereocenters. The third-order valence-corrected chi connectivity index (χ3v) is 2.28. The Morgan fingerprint density at radius 1 is 1.26 bits per heavy atom. The molecule has 19 heavy (non-hydrogen) atoms. The van der Waals surface area contributed by atoms with Crippen molar-refractivity contribution in [2.75, 3.05) is 14.2 Å². The number of carbonyl (C=O) groups excluding carboxylic acids is 1. The van der Waals surface area contributed by atoms with Crippen LogP contribution in [0.3, 0.4) is 0 Å². The fourth-order valence-corrected chi connectivity index (χ4v) is 1.44. The van der Waals surface area contributed by atoms with Crippen molar-refractivity contribution in [1.82, 2.24) is 0 Å². The van der Waals surface area contributed by atoms with Gasteiger partial charge in [0.1, 0.15) is 17.6 Å². The van der Waals surface area contributed by atoms with Crippen LogP contribution in [0.2, 0.25) is 0 Å². The van der Waals surface area contributed by atoms with Gasteiger partial charge in [-0.1, -0.05) is 12.1 Å². The van der Waals surface area contributed by atoms with Gasteiger partial charge >= 0.3 is 11.9 Å². The van der Waals surface area contributed by atoms with Crippen LogP contribution in [0.25, 0.3) is 0 Å². The molecule has 102 valence electrons. The van der Waals surface area contributed by atoms with Crippen LogP contribution in [0.4, 0.5) is 0 Å². The number of ether oxygens (including phenoxy) is 3. The molecule has 1 rings (SSSR count). The number of rotatable bonds is 5. The number of aromatic carboxylic acids is 1. The van der Waals surface area contributed by atoms with Crippen molar-refractivity contribution in [3.8, 4) is 5.75 Å². The standard InChI is InChI=1S/C13H14O6/c1-8-5-4-6-9(11(8)12(14)15)19-10(7-17-2)13(16)18-3/h4-7H,1-3H3,(H,14,15). The highest BCUT2D eigenvalue weighted by Crippen LogP contribution is 2.24. The second-order valence-corrected chi connectivity index (χ2v) is 3.56. The quantitative estimate of drug-likeness (QED) is 0.496. The van der Waals surface area contributed by atoms with Gasteiger partial charge in [-0.05, 0) is 18.6 Å². The van der Waals surface area contributed by atoms with E-state index in [0.29, 0.717) is 5.56 Å². The molecule has 0 atom stereocenters. The predicted octanol–water partition coefficient (Wildman–Crippen LogP) is 1.73. The van der Waals surface area contributed by atoms with Gasteiger partial charge in [0, 0.05) is 0 Å². The summed E-state index contributed by atoms with van der Waals surface area (Å²) in [7, 11) is 2.52. The number of carbonyl (C=O) groups is 2. The van der Waals surface area contributed by atoms with Gasteiger partial charge in [0.05, 0.1) is 14.2 Å². The molecule has 1 N–H and O–H groups in total. The Bertz CT molecular complexity index is 518. The van der Waals surface area contributed by atoms with Gasteiger partial charge < -0.3 is 19.3 Å². The number of hydrogen-bond acceptors (Lipinski definition) is 5. The molecule has 0 bridgehead atoms. The molecule has 0 aromatic heterocycles. The van der Waals surface area contributed by atoms with E-state index in [2.05, 4.69) is 4.74 Å². The second kappa shape index (κ2) is 6.44. The van der Waals surface area contributed by atoms with Crippen LogP contribution in [0.1, 0.15) is 15.9 Å². The highest BCUT2D eigenvalue weighted by molar-refractivity contribution is 5.93. The van der Waals surface area contributed by atoms with Gasteiger partial charge in [-0.25, -0.2) is 9.59 Å². The number of hydrogen-bond donors (Lipinski definition) is 1. The van der Waals surface area contributed by atoms with Gasteiger partial charge in [-0.2, -0.15) is 0 Å². The van der Waals surface area contributed by atoms with Crippen molar-refractivity contribution in [3.63, 3.8) is 0 Å². The highest BCUT2D eigenvalue weighted by atomic mass is 16.6. The molecule has 0 radical (unpaired) electrons. The SMILES string of the molecule is COC=C(Oc1cccc(C)c1C(=O)O)C(=O)OC. The Hall–Kier alpha value is -2.50. The summed E-state index contributed by atoms with van der Waals surface area (Å²) in [5.41, 5.74) is 0.500. The van der Waals surface area contributed by atoms with E-state index in [-0.39, 0.29) is 17.1 Å². The van der Waals surface area contributed by atoms with Crippen LogP contribution in [0.15, 0.2) is 30.2 Å². The second-order valence-electron chi connectivity index (χ2n) is 3.56. The molecule has 1 aromatic rings. The minimum Gasteiger partial charge on any atom is -0.500 e. The van der Waals surface area contributed by atoms with Gasteiger partial charge in [0.15, 0.2) is 0 Å². The van der Waals surface area contributed by atoms with Gasteiger partial charge in [0.2, 0.25) is 5.76 Å². The van der Waals surface area contributed by atoms with Crippen molar-refractivity contribution < 1.29 is 28.9 Å². The van der Waals surface area contributed by atoms with Crippen LogP contribution >= 0.6 is 0 Å². The third kappa shape index (κ3) is 3.48. The van der Waals surface area contributed by atoms with E-state index >= 15 is 0 Å². The minimum absolute atomic E-state index is 0.0200. The summed E-state index contributed by atoms with van der Waals surface area (Å²) >= 11 is 0. The largest absolute Gasteiger partial charge is 0.500 e. The summed E-state index contributed by atoms with van der Waals surface area (Å²) in [6.45, 7) is 1.63. The summed E-state index contributed by atoms with van der Waals surface area (Å²) in [5, 5.41) is 9.14. The van der Waals surface area contributed by atoms with Crippen LogP contribution in [-0.2, 0) is 14.3 Å². The lowest BCUT2D eigenvalue weighted by Gasteiger charge is -2.11. The Morgan fingerprint density at radius 3 is 2.47 bits per heavy atom. The first-order valence-electron chi connectivity index (χ1n) is 5.33. The smallest absolute Gasteiger partial charge is 0.377 e. The van der Waals surface area contributed by atoms with Crippen molar-refractivity contribution >= 4 is 11.9 Å². The number of carboxylic acid groups (broad SMARTS) is 1. The molecule has 6 heteroatoms. The molecule has 6 nitrogen and oxygen atoms in total. The number of benzene rings is 1. The molecule has 0 spiro atoms. The molecule has 0 aliphatic carbocycles. The molecular formula is C13H14O6. The molecule has 0 saturated carbocycles. The monoisotopic (exact) mass is 266 g/mol. The van der Waals surface area contributed by atoms with Crippen molar-refractivity contribution in [2.45, 2.75) is 6.92 Å². The Labute approximate surface area is 110 Å². The van der Waals surface area contributed by atoms with Crippen LogP contribution in [0, 0.1) is 6.92 Å². The number of methoxy groups -OCH3 is 2. The lowest BCUT2D eigenvalue weighted by molar-refractivity contribution is -0.138. The molecule has 0 fully saturated rings. The summed E-state index contributed by atoms with van der Waals surface area (Å²) < 4.78 is 14.5. The minimum atomic E-state index is -1.14. The van der Waals surface area contributed by atoms with Crippen molar-refractivity contribution in [3.05, 3.63) is 41.3 Å². The summed E-state index contributed by atoms with van der Waals surface area (Å²) in [4.78, 5) is 22.6. The first-order valence-corrected chi connectivity index (χ1v) is 5.33. The van der Waals surface area contributed by atoms with Crippen molar-refractivity contribution in [1.29, 1.82) is 0 Å². The molecule has 0 aliphatic heterocycles. The molecule has 1 aromatic carbocycles. The maximum atomic E-state index is 11.4. The van der Waals surface area contributed by atoms with E-state index in [4.69, 9.17) is 14.6 Å². The molecular weight excluding hydrogens is 252 g/mol. The van der Waals surface area contributed by atoms with E-state index in [1.165, 1.54) is 20.3 Å². The fraction of sp³-hybridized carbons (Fsp3) is 0.231. The average molecular weight is 266 g/mol. The molecule has 0 amide bonds. The summed E-state index contributed by atoms with van der Waals surface area (Å²) in [5.74, 6) is -2.10. The number of aryl methyl sites for hydroxylation is 1. The number of esters is 1. The lowest BCUT2D eigenvalue weighted by Crippen LogP contribution is -2.13. The van der Waals surface area contributed by atoms with Crippen LogP contribution in [0.5, 0.6) is 5.75 Å². The third-order valence-electron chi connectivity index (χ3n) is 2.28. The van der Waals surface area contributed by atoms with Crippen molar-refractivity contribution in [2.24, 2.45) is 0 Å². The van der Waals surface area contributed by atoms with Gasteiger partial charge in [-0.15, -0.1) is 0 Å². The predicted molar refractivity (Wildman–Crippen MR) is 65.9 cm³/mol.